The molecule has 0 aromatic carbocycles. The summed E-state index contributed by atoms with van der Waals surface area (Å²) in [5.74, 6) is -0.183. The normalized spacial score (nSPS) is 16.0. The zero-order chi connectivity index (χ0) is 16.5. The topological polar surface area (TPSA) is 50.8 Å². The summed E-state index contributed by atoms with van der Waals surface area (Å²) in [5.41, 5.74) is -0.598. The van der Waals surface area contributed by atoms with E-state index in [1.807, 2.05) is 20.8 Å². The average molecular weight is 302 g/mol. The van der Waals surface area contributed by atoms with E-state index in [4.69, 9.17) is 9.47 Å². The Morgan fingerprint density at radius 2 is 1.86 bits per heavy atom. The largest absolute Gasteiger partial charge is 0.468 e. The van der Waals surface area contributed by atoms with Crippen LogP contribution < -0.4 is 5.32 Å². The average Bonchev–Trinajstić information content (AvgIpc) is 2.41. The van der Waals surface area contributed by atoms with Gasteiger partial charge < -0.3 is 14.4 Å². The number of carbonyl (C=O) groups is 1. The fourth-order valence-electron chi connectivity index (χ4n) is 2.52. The maximum Gasteiger partial charge on any atom is 0.325 e. The Kier molecular flexibility index (Phi) is 9.83. The van der Waals surface area contributed by atoms with Gasteiger partial charge in [0.1, 0.15) is 5.54 Å². The molecule has 1 N–H and O–H groups in total. The third-order valence-corrected chi connectivity index (χ3v) is 3.84. The Bertz CT molecular complexity index is 297. The highest BCUT2D eigenvalue weighted by Gasteiger charge is 2.34. The predicted octanol–water partition coefficient (Wildman–Crippen LogP) is 2.05. The minimum Gasteiger partial charge on any atom is -0.468 e. The van der Waals surface area contributed by atoms with Crippen LogP contribution in [0.4, 0.5) is 0 Å². The first kappa shape index (κ1) is 20.3. The van der Waals surface area contributed by atoms with Gasteiger partial charge in [0.2, 0.25) is 0 Å². The van der Waals surface area contributed by atoms with Gasteiger partial charge in [-0.25, -0.2) is 0 Å². The van der Waals surface area contributed by atoms with E-state index in [0.717, 1.165) is 32.4 Å². The number of rotatable bonds is 11. The molecule has 0 aliphatic heterocycles. The van der Waals surface area contributed by atoms with Crippen LogP contribution in [0.25, 0.3) is 0 Å². The molecule has 0 saturated carbocycles. The fourth-order valence-corrected chi connectivity index (χ4v) is 2.52. The molecule has 126 valence electrons. The third-order valence-electron chi connectivity index (χ3n) is 3.84. The number of likely N-dealkylation sites (N-methyl/N-ethyl adjacent to an activating group) is 1. The number of ether oxygens (including phenoxy) is 2. The van der Waals surface area contributed by atoms with E-state index in [2.05, 4.69) is 24.2 Å². The van der Waals surface area contributed by atoms with Crippen LogP contribution in [-0.2, 0) is 14.3 Å². The molecule has 0 aromatic rings. The van der Waals surface area contributed by atoms with Crippen LogP contribution in [0.3, 0.4) is 0 Å². The molecule has 0 aromatic heterocycles. The molecular formula is C16H34N2O3. The summed E-state index contributed by atoms with van der Waals surface area (Å²) >= 11 is 0. The zero-order valence-electron chi connectivity index (χ0n) is 14.9. The minimum atomic E-state index is -0.598. The second-order valence-corrected chi connectivity index (χ2v) is 6.36. The quantitative estimate of drug-likeness (QED) is 0.468. The summed E-state index contributed by atoms with van der Waals surface area (Å²) in [6.45, 7) is 9.91. The molecule has 0 aliphatic rings. The molecule has 5 nitrogen and oxygen atoms in total. The van der Waals surface area contributed by atoms with Crippen LogP contribution in [0.2, 0.25) is 0 Å². The number of hydrogen-bond donors (Lipinski definition) is 1. The van der Waals surface area contributed by atoms with E-state index < -0.39 is 5.54 Å². The van der Waals surface area contributed by atoms with Crippen molar-refractivity contribution in [1.82, 2.24) is 10.2 Å². The molecule has 0 bridgehead atoms. The number of carbonyl (C=O) groups excluding carboxylic acids is 1. The van der Waals surface area contributed by atoms with Crippen LogP contribution in [0.15, 0.2) is 0 Å². The van der Waals surface area contributed by atoms with Gasteiger partial charge in [0.05, 0.1) is 13.7 Å². The van der Waals surface area contributed by atoms with Crippen molar-refractivity contribution in [3.63, 3.8) is 0 Å². The standard InChI is InChI=1S/C16H34N2O3/c1-13(2)17-16(4,15(19)21-7)10-8-9-11-18(5)14(3)12-20-6/h13-14,17H,8-12H2,1-7H3. The van der Waals surface area contributed by atoms with Crippen molar-refractivity contribution < 1.29 is 14.3 Å². The van der Waals surface area contributed by atoms with Crippen molar-refractivity contribution in [2.45, 2.75) is 64.6 Å². The van der Waals surface area contributed by atoms with Gasteiger partial charge in [-0.2, -0.15) is 0 Å². The van der Waals surface area contributed by atoms with E-state index >= 15 is 0 Å². The van der Waals surface area contributed by atoms with Gasteiger partial charge in [-0.1, -0.05) is 0 Å². The van der Waals surface area contributed by atoms with Gasteiger partial charge in [0, 0.05) is 19.2 Å². The Morgan fingerprint density at radius 3 is 2.33 bits per heavy atom. The van der Waals surface area contributed by atoms with Crippen molar-refractivity contribution >= 4 is 5.97 Å². The summed E-state index contributed by atoms with van der Waals surface area (Å²) in [6.07, 6.45) is 2.82. The van der Waals surface area contributed by atoms with Crippen molar-refractivity contribution in [3.05, 3.63) is 0 Å². The van der Waals surface area contributed by atoms with Gasteiger partial charge in [-0.3, -0.25) is 10.1 Å². The second-order valence-electron chi connectivity index (χ2n) is 6.36. The fraction of sp³-hybridized carbons (Fsp3) is 0.938. The summed E-state index contributed by atoms with van der Waals surface area (Å²) in [6, 6.07) is 0.661. The summed E-state index contributed by atoms with van der Waals surface area (Å²) in [5, 5.41) is 3.33. The van der Waals surface area contributed by atoms with Crippen LogP contribution in [0.1, 0.15) is 47.0 Å². The maximum atomic E-state index is 12.0. The monoisotopic (exact) mass is 302 g/mol. The van der Waals surface area contributed by atoms with Gasteiger partial charge in [0.15, 0.2) is 0 Å². The van der Waals surface area contributed by atoms with Gasteiger partial charge in [0.25, 0.3) is 0 Å². The highest BCUT2D eigenvalue weighted by Crippen LogP contribution is 2.17. The summed E-state index contributed by atoms with van der Waals surface area (Å²) < 4.78 is 10.1. The molecular weight excluding hydrogens is 268 g/mol. The summed E-state index contributed by atoms with van der Waals surface area (Å²) in [7, 11) is 5.28. The predicted molar refractivity (Wildman–Crippen MR) is 86.5 cm³/mol. The van der Waals surface area contributed by atoms with E-state index in [0.29, 0.717) is 6.04 Å². The van der Waals surface area contributed by atoms with Crippen LogP contribution in [0, 0.1) is 0 Å². The number of nitrogens with zero attached hydrogens (tertiary/aromatic N) is 1. The molecule has 0 saturated heterocycles. The minimum absolute atomic E-state index is 0.183. The van der Waals surface area contributed by atoms with Gasteiger partial charge in [-0.15, -0.1) is 0 Å². The first-order valence-corrected chi connectivity index (χ1v) is 7.82. The van der Waals surface area contributed by atoms with Gasteiger partial charge in [-0.05, 0) is 60.5 Å². The zero-order valence-corrected chi connectivity index (χ0v) is 14.9. The van der Waals surface area contributed by atoms with E-state index in [9.17, 15) is 4.79 Å². The molecule has 5 heteroatoms. The summed E-state index contributed by atoms with van der Waals surface area (Å²) in [4.78, 5) is 14.3. The Balaban J connectivity index is 4.23. The van der Waals surface area contributed by atoms with Crippen molar-refractivity contribution in [1.29, 1.82) is 0 Å². The molecule has 0 aliphatic carbocycles. The highest BCUT2D eigenvalue weighted by molar-refractivity contribution is 5.80. The van der Waals surface area contributed by atoms with Gasteiger partial charge >= 0.3 is 5.97 Å². The highest BCUT2D eigenvalue weighted by atomic mass is 16.5. The first-order chi connectivity index (χ1) is 9.76. The molecule has 2 atom stereocenters. The molecule has 0 radical (unpaired) electrons. The number of nitrogens with one attached hydrogen (secondary N) is 1. The smallest absolute Gasteiger partial charge is 0.325 e. The number of hydrogen-bond acceptors (Lipinski definition) is 5. The molecule has 0 heterocycles. The first-order valence-electron chi connectivity index (χ1n) is 7.82. The lowest BCUT2D eigenvalue weighted by Crippen LogP contribution is -2.53. The molecule has 2 unspecified atom stereocenters. The lowest BCUT2D eigenvalue weighted by molar-refractivity contribution is -0.148. The SMILES string of the molecule is COCC(C)N(C)CCCCC(C)(NC(C)C)C(=O)OC. The Labute approximate surface area is 130 Å². The Morgan fingerprint density at radius 1 is 1.24 bits per heavy atom. The number of esters is 1. The van der Waals surface area contributed by atoms with Crippen LogP contribution >= 0.6 is 0 Å². The van der Waals surface area contributed by atoms with Crippen molar-refractivity contribution in [2.24, 2.45) is 0 Å². The van der Waals surface area contributed by atoms with E-state index in [1.165, 1.54) is 7.11 Å². The second kappa shape index (κ2) is 10.1. The van der Waals surface area contributed by atoms with E-state index in [-0.39, 0.29) is 12.0 Å². The van der Waals surface area contributed by atoms with Crippen LogP contribution in [0.5, 0.6) is 0 Å². The molecule has 0 amide bonds. The molecule has 0 spiro atoms. The molecule has 21 heavy (non-hydrogen) atoms. The van der Waals surface area contributed by atoms with Crippen molar-refractivity contribution in [2.75, 3.05) is 34.4 Å². The number of unbranched alkanes of at least 4 members (excludes halogenated alkanes) is 1. The third kappa shape index (κ3) is 7.79. The van der Waals surface area contributed by atoms with Crippen molar-refractivity contribution in [3.8, 4) is 0 Å². The Hall–Kier alpha value is -0.650. The molecule has 0 rings (SSSR count). The lowest BCUT2D eigenvalue weighted by atomic mass is 9.93. The van der Waals surface area contributed by atoms with E-state index in [1.54, 1.807) is 7.11 Å². The van der Waals surface area contributed by atoms with Crippen LogP contribution in [-0.4, -0.2) is 62.9 Å². The lowest BCUT2D eigenvalue weighted by Gasteiger charge is -2.30. The maximum absolute atomic E-state index is 12.0. The molecule has 0 fully saturated rings. The number of methoxy groups -OCH3 is 2.